The molecule has 2 N–H and O–H groups in total. The van der Waals surface area contributed by atoms with Gasteiger partial charge < -0.3 is 20.1 Å². The maximum atomic E-state index is 12.4. The smallest absolute Gasteiger partial charge is 0.338 e. The van der Waals surface area contributed by atoms with E-state index in [1.807, 2.05) is 30.3 Å². The number of hydrogen-bond acceptors (Lipinski definition) is 5. The Kier molecular flexibility index (Phi) is 5.12. The molecule has 1 fully saturated rings. The molecule has 1 aromatic rings. The first-order chi connectivity index (χ1) is 11.7. The molecule has 2 aliphatic heterocycles. The summed E-state index contributed by atoms with van der Waals surface area (Å²) in [7, 11) is 1.35. The van der Waals surface area contributed by atoms with Crippen molar-refractivity contribution in [3.05, 3.63) is 47.2 Å². The van der Waals surface area contributed by atoms with E-state index in [-0.39, 0.29) is 6.03 Å². The minimum atomic E-state index is -0.525. The maximum absolute atomic E-state index is 12.4. The minimum absolute atomic E-state index is 0.320. The number of urea groups is 1. The van der Waals surface area contributed by atoms with Gasteiger partial charge in [0.15, 0.2) is 0 Å². The van der Waals surface area contributed by atoms with Gasteiger partial charge in [-0.15, -0.1) is 0 Å². The molecular formula is C17H21N3O4. The number of morpholine rings is 1. The standard InChI is InChI=1S/C17H21N3O4/c1-23-16(21)14-13(11-20-7-9-24-10-8-20)18-17(22)19-15(14)12-5-3-2-4-6-12/h2-6,15H,7-11H2,1H3,(H2,18,19,22). The van der Waals surface area contributed by atoms with E-state index in [4.69, 9.17) is 9.47 Å². The Morgan fingerprint density at radius 1 is 1.29 bits per heavy atom. The summed E-state index contributed by atoms with van der Waals surface area (Å²) < 4.78 is 10.3. The molecule has 0 aliphatic carbocycles. The second kappa shape index (κ2) is 7.46. The lowest BCUT2D eigenvalue weighted by atomic mass is 9.95. The Labute approximate surface area is 140 Å². The van der Waals surface area contributed by atoms with Gasteiger partial charge in [-0.05, 0) is 5.56 Å². The SMILES string of the molecule is COC(=O)C1=C(CN2CCOCC2)NC(=O)NC1c1ccccc1. The number of nitrogens with one attached hydrogen (secondary N) is 2. The zero-order valence-electron chi connectivity index (χ0n) is 13.6. The lowest BCUT2D eigenvalue weighted by Crippen LogP contribution is -2.49. The first kappa shape index (κ1) is 16.5. The molecule has 0 bridgehead atoms. The topological polar surface area (TPSA) is 79.9 Å². The van der Waals surface area contributed by atoms with Gasteiger partial charge in [0, 0.05) is 25.3 Å². The number of hydrogen-bond donors (Lipinski definition) is 2. The Hall–Kier alpha value is -2.38. The fraction of sp³-hybridized carbons (Fsp3) is 0.412. The molecular weight excluding hydrogens is 310 g/mol. The molecule has 1 saturated heterocycles. The quantitative estimate of drug-likeness (QED) is 0.798. The highest BCUT2D eigenvalue weighted by Gasteiger charge is 2.34. The number of amides is 2. The molecule has 128 valence electrons. The molecule has 2 amide bonds. The number of benzene rings is 1. The van der Waals surface area contributed by atoms with Gasteiger partial charge in [-0.3, -0.25) is 4.90 Å². The monoisotopic (exact) mass is 331 g/mol. The van der Waals surface area contributed by atoms with Crippen LogP contribution in [0.4, 0.5) is 4.79 Å². The number of carbonyl (C=O) groups excluding carboxylic acids is 2. The minimum Gasteiger partial charge on any atom is -0.466 e. The number of nitrogens with zero attached hydrogens (tertiary/aromatic N) is 1. The summed E-state index contributed by atoms with van der Waals surface area (Å²) in [5.41, 5.74) is 1.86. The van der Waals surface area contributed by atoms with Crippen molar-refractivity contribution in [1.82, 2.24) is 15.5 Å². The van der Waals surface area contributed by atoms with Crippen molar-refractivity contribution in [1.29, 1.82) is 0 Å². The molecule has 0 aromatic heterocycles. The average molecular weight is 331 g/mol. The van der Waals surface area contributed by atoms with Crippen LogP contribution in [-0.4, -0.2) is 56.9 Å². The highest BCUT2D eigenvalue weighted by molar-refractivity contribution is 5.95. The van der Waals surface area contributed by atoms with Crippen molar-refractivity contribution in [3.8, 4) is 0 Å². The molecule has 7 heteroatoms. The lowest BCUT2D eigenvalue weighted by molar-refractivity contribution is -0.136. The zero-order chi connectivity index (χ0) is 16.9. The Morgan fingerprint density at radius 2 is 2.00 bits per heavy atom. The van der Waals surface area contributed by atoms with Crippen LogP contribution < -0.4 is 10.6 Å². The summed E-state index contributed by atoms with van der Waals surface area (Å²) in [4.78, 5) is 26.6. The van der Waals surface area contributed by atoms with Gasteiger partial charge in [0.05, 0.1) is 31.9 Å². The van der Waals surface area contributed by atoms with Crippen LogP contribution in [0.2, 0.25) is 0 Å². The summed E-state index contributed by atoms with van der Waals surface area (Å²) in [6, 6.07) is 8.56. The lowest BCUT2D eigenvalue weighted by Gasteiger charge is -2.33. The highest BCUT2D eigenvalue weighted by Crippen LogP contribution is 2.27. The van der Waals surface area contributed by atoms with Crippen LogP contribution in [0, 0.1) is 0 Å². The summed E-state index contributed by atoms with van der Waals surface area (Å²) in [5, 5.41) is 5.59. The van der Waals surface area contributed by atoms with Crippen LogP contribution in [-0.2, 0) is 14.3 Å². The fourth-order valence-corrected chi connectivity index (χ4v) is 2.97. The van der Waals surface area contributed by atoms with Gasteiger partial charge in [0.2, 0.25) is 0 Å². The molecule has 24 heavy (non-hydrogen) atoms. The summed E-state index contributed by atoms with van der Waals surface area (Å²) in [5.74, 6) is -0.445. The van der Waals surface area contributed by atoms with Crippen LogP contribution in [0.3, 0.4) is 0 Å². The van der Waals surface area contributed by atoms with Crippen molar-refractivity contribution in [3.63, 3.8) is 0 Å². The molecule has 7 nitrogen and oxygen atoms in total. The molecule has 3 rings (SSSR count). The van der Waals surface area contributed by atoms with E-state index >= 15 is 0 Å². The predicted octanol–water partition coefficient (Wildman–Crippen LogP) is 0.800. The molecule has 2 aliphatic rings. The number of esters is 1. The Bertz CT molecular complexity index is 638. The van der Waals surface area contributed by atoms with E-state index in [0.29, 0.717) is 31.0 Å². The zero-order valence-corrected chi connectivity index (χ0v) is 13.6. The van der Waals surface area contributed by atoms with Crippen molar-refractivity contribution in [2.24, 2.45) is 0 Å². The van der Waals surface area contributed by atoms with E-state index in [0.717, 1.165) is 18.7 Å². The van der Waals surface area contributed by atoms with Gasteiger partial charge in [-0.25, -0.2) is 9.59 Å². The third-order valence-corrected chi connectivity index (χ3v) is 4.18. The van der Waals surface area contributed by atoms with E-state index in [1.54, 1.807) is 0 Å². The largest absolute Gasteiger partial charge is 0.466 e. The molecule has 1 atom stereocenters. The third kappa shape index (κ3) is 3.58. The number of rotatable bonds is 4. The number of methoxy groups -OCH3 is 1. The fourth-order valence-electron chi connectivity index (χ4n) is 2.97. The van der Waals surface area contributed by atoms with Crippen LogP contribution >= 0.6 is 0 Å². The average Bonchev–Trinajstić information content (AvgIpc) is 2.62. The molecule has 0 saturated carbocycles. The Morgan fingerprint density at radius 3 is 2.67 bits per heavy atom. The summed E-state index contributed by atoms with van der Waals surface area (Å²) >= 11 is 0. The number of ether oxygens (including phenoxy) is 2. The second-order valence-electron chi connectivity index (χ2n) is 5.71. The van der Waals surface area contributed by atoms with Crippen molar-refractivity contribution in [2.45, 2.75) is 6.04 Å². The van der Waals surface area contributed by atoms with E-state index in [1.165, 1.54) is 7.11 Å². The van der Waals surface area contributed by atoms with Crippen LogP contribution in [0.1, 0.15) is 11.6 Å². The molecule has 1 aromatic carbocycles. The highest BCUT2D eigenvalue weighted by atomic mass is 16.5. The van der Waals surface area contributed by atoms with Crippen molar-refractivity contribution in [2.75, 3.05) is 40.0 Å². The predicted molar refractivity (Wildman–Crippen MR) is 87.2 cm³/mol. The van der Waals surface area contributed by atoms with Gasteiger partial charge in [0.25, 0.3) is 0 Å². The maximum Gasteiger partial charge on any atom is 0.338 e. The van der Waals surface area contributed by atoms with Crippen molar-refractivity contribution >= 4 is 12.0 Å². The second-order valence-corrected chi connectivity index (χ2v) is 5.71. The molecule has 0 radical (unpaired) electrons. The molecule has 1 unspecified atom stereocenters. The summed E-state index contributed by atoms with van der Waals surface area (Å²) in [6.07, 6.45) is 0. The van der Waals surface area contributed by atoms with Crippen molar-refractivity contribution < 1.29 is 19.1 Å². The normalized spacial score (nSPS) is 21.9. The van der Waals surface area contributed by atoms with Gasteiger partial charge in [0.1, 0.15) is 0 Å². The Balaban J connectivity index is 1.96. The van der Waals surface area contributed by atoms with Crippen LogP contribution in [0.25, 0.3) is 0 Å². The number of carbonyl (C=O) groups is 2. The van der Waals surface area contributed by atoms with Crippen LogP contribution in [0.15, 0.2) is 41.6 Å². The van der Waals surface area contributed by atoms with Crippen LogP contribution in [0.5, 0.6) is 0 Å². The van der Waals surface area contributed by atoms with Gasteiger partial charge >= 0.3 is 12.0 Å². The van der Waals surface area contributed by atoms with Gasteiger partial charge in [-0.2, -0.15) is 0 Å². The first-order valence-corrected chi connectivity index (χ1v) is 7.93. The molecule has 2 heterocycles. The third-order valence-electron chi connectivity index (χ3n) is 4.18. The summed E-state index contributed by atoms with van der Waals surface area (Å²) in [6.45, 7) is 3.29. The van der Waals surface area contributed by atoms with E-state index < -0.39 is 12.0 Å². The first-order valence-electron chi connectivity index (χ1n) is 7.93. The van der Waals surface area contributed by atoms with E-state index in [2.05, 4.69) is 15.5 Å². The van der Waals surface area contributed by atoms with Gasteiger partial charge in [-0.1, -0.05) is 30.3 Å². The van der Waals surface area contributed by atoms with E-state index in [9.17, 15) is 9.59 Å². The molecule has 0 spiro atoms.